The van der Waals surface area contributed by atoms with Crippen LogP contribution in [0.1, 0.15) is 17.8 Å². The summed E-state index contributed by atoms with van der Waals surface area (Å²) in [5.74, 6) is 4.14. The van der Waals surface area contributed by atoms with E-state index in [1.54, 1.807) is 0 Å². The molecule has 100 valence electrons. The summed E-state index contributed by atoms with van der Waals surface area (Å²) in [6, 6.07) is 9.78. The van der Waals surface area contributed by atoms with Crippen LogP contribution in [0.3, 0.4) is 0 Å². The fourth-order valence-corrected chi connectivity index (χ4v) is 2.78. The van der Waals surface area contributed by atoms with Crippen LogP contribution in [0.4, 0.5) is 0 Å². The third-order valence-corrected chi connectivity index (χ3v) is 3.88. The maximum atomic E-state index is 5.58. The van der Waals surface area contributed by atoms with Crippen molar-refractivity contribution in [2.24, 2.45) is 0 Å². The van der Waals surface area contributed by atoms with Gasteiger partial charge in [-0.3, -0.25) is 0 Å². The number of ether oxygens (including phenoxy) is 1. The van der Waals surface area contributed by atoms with Crippen molar-refractivity contribution in [2.45, 2.75) is 12.6 Å². The molecule has 1 aromatic carbocycles. The van der Waals surface area contributed by atoms with E-state index in [1.165, 1.54) is 0 Å². The number of para-hydroxylation sites is 1. The summed E-state index contributed by atoms with van der Waals surface area (Å²) >= 11 is 1.90. The summed E-state index contributed by atoms with van der Waals surface area (Å²) in [7, 11) is 0. The molecule has 1 aliphatic heterocycles. The van der Waals surface area contributed by atoms with Gasteiger partial charge in [0.25, 0.3) is 0 Å². The molecular weight excluding hydrogens is 262 g/mol. The molecule has 0 aliphatic carbocycles. The molecule has 3 rings (SSSR count). The van der Waals surface area contributed by atoms with Gasteiger partial charge in [0.2, 0.25) is 11.7 Å². The molecule has 0 saturated carbocycles. The van der Waals surface area contributed by atoms with E-state index in [4.69, 9.17) is 9.26 Å². The fraction of sp³-hybridized carbons (Fsp3) is 0.385. The molecule has 0 bridgehead atoms. The fourth-order valence-electron chi connectivity index (χ4n) is 1.86. The Morgan fingerprint density at radius 1 is 1.37 bits per heavy atom. The molecule has 1 aromatic heterocycles. The Hall–Kier alpha value is -1.53. The second kappa shape index (κ2) is 6.08. The predicted octanol–water partition coefficient (Wildman–Crippen LogP) is 2.03. The molecule has 1 saturated heterocycles. The van der Waals surface area contributed by atoms with Crippen molar-refractivity contribution >= 4 is 11.8 Å². The van der Waals surface area contributed by atoms with Crippen molar-refractivity contribution in [1.29, 1.82) is 0 Å². The molecule has 6 heteroatoms. The van der Waals surface area contributed by atoms with Gasteiger partial charge >= 0.3 is 0 Å². The molecule has 1 atom stereocenters. The van der Waals surface area contributed by atoms with Gasteiger partial charge in [-0.05, 0) is 12.1 Å². The Morgan fingerprint density at radius 3 is 3.05 bits per heavy atom. The standard InChI is InChI=1S/C13H15N3O2S/c1-2-4-10(5-3-1)17-8-12-15-13(18-16-12)11-9-19-7-6-14-11/h1-5,11,14H,6-9H2. The molecular formula is C13H15N3O2S. The first-order valence-corrected chi connectivity index (χ1v) is 7.39. The summed E-state index contributed by atoms with van der Waals surface area (Å²) in [5.41, 5.74) is 0. The Morgan fingerprint density at radius 2 is 2.26 bits per heavy atom. The molecule has 5 nitrogen and oxygen atoms in total. The van der Waals surface area contributed by atoms with Gasteiger partial charge in [0.05, 0.1) is 6.04 Å². The van der Waals surface area contributed by atoms with Gasteiger partial charge in [-0.2, -0.15) is 16.7 Å². The van der Waals surface area contributed by atoms with E-state index < -0.39 is 0 Å². The van der Waals surface area contributed by atoms with Crippen molar-refractivity contribution in [2.75, 3.05) is 18.1 Å². The van der Waals surface area contributed by atoms with Crippen molar-refractivity contribution in [3.05, 3.63) is 42.0 Å². The highest BCUT2D eigenvalue weighted by atomic mass is 32.2. The minimum absolute atomic E-state index is 0.164. The maximum Gasteiger partial charge on any atom is 0.244 e. The molecule has 2 heterocycles. The van der Waals surface area contributed by atoms with E-state index >= 15 is 0 Å². The number of nitrogens with zero attached hydrogens (tertiary/aromatic N) is 2. The first kappa shape index (κ1) is 12.5. The van der Waals surface area contributed by atoms with Gasteiger partial charge in [0.1, 0.15) is 5.75 Å². The zero-order valence-corrected chi connectivity index (χ0v) is 11.2. The summed E-state index contributed by atoms with van der Waals surface area (Å²) in [6.07, 6.45) is 0. The van der Waals surface area contributed by atoms with E-state index in [0.717, 1.165) is 23.8 Å². The maximum absolute atomic E-state index is 5.58. The lowest BCUT2D eigenvalue weighted by Crippen LogP contribution is -2.30. The number of rotatable bonds is 4. The SMILES string of the molecule is c1ccc(OCc2noc(C3CSCCN3)n2)cc1. The lowest BCUT2D eigenvalue weighted by Gasteiger charge is -2.19. The van der Waals surface area contributed by atoms with E-state index in [1.807, 2.05) is 42.1 Å². The number of hydrogen-bond acceptors (Lipinski definition) is 6. The zero-order chi connectivity index (χ0) is 12.9. The summed E-state index contributed by atoms with van der Waals surface area (Å²) in [6.45, 7) is 1.31. The van der Waals surface area contributed by atoms with Crippen LogP contribution in [0.2, 0.25) is 0 Å². The number of hydrogen-bond donors (Lipinski definition) is 1. The molecule has 19 heavy (non-hydrogen) atoms. The topological polar surface area (TPSA) is 60.2 Å². The Kier molecular flexibility index (Phi) is 4.00. The van der Waals surface area contributed by atoms with Gasteiger partial charge < -0.3 is 14.6 Å². The van der Waals surface area contributed by atoms with Crippen molar-refractivity contribution in [3.63, 3.8) is 0 Å². The van der Waals surface area contributed by atoms with Crippen molar-refractivity contribution < 1.29 is 9.26 Å². The molecule has 2 aromatic rings. The first-order chi connectivity index (χ1) is 9.42. The highest BCUT2D eigenvalue weighted by Crippen LogP contribution is 2.20. The lowest BCUT2D eigenvalue weighted by atomic mass is 10.3. The van der Waals surface area contributed by atoms with Crippen LogP contribution in [0.25, 0.3) is 0 Å². The normalized spacial score (nSPS) is 19.3. The Balaban J connectivity index is 1.58. The highest BCUT2D eigenvalue weighted by Gasteiger charge is 2.21. The van der Waals surface area contributed by atoms with Gasteiger partial charge in [0.15, 0.2) is 6.61 Å². The third kappa shape index (κ3) is 3.27. The summed E-state index contributed by atoms with van der Waals surface area (Å²) < 4.78 is 10.9. The first-order valence-electron chi connectivity index (χ1n) is 6.23. The summed E-state index contributed by atoms with van der Waals surface area (Å²) in [5, 5.41) is 7.31. The molecule has 1 aliphatic rings. The predicted molar refractivity (Wildman–Crippen MR) is 73.1 cm³/mol. The van der Waals surface area contributed by atoms with Crippen LogP contribution in [-0.4, -0.2) is 28.2 Å². The number of benzene rings is 1. The van der Waals surface area contributed by atoms with Gasteiger partial charge in [-0.1, -0.05) is 23.4 Å². The van der Waals surface area contributed by atoms with Crippen molar-refractivity contribution in [1.82, 2.24) is 15.5 Å². The largest absolute Gasteiger partial charge is 0.485 e. The monoisotopic (exact) mass is 277 g/mol. The van der Waals surface area contributed by atoms with Crippen LogP contribution >= 0.6 is 11.8 Å². The van der Waals surface area contributed by atoms with E-state index in [2.05, 4.69) is 15.5 Å². The number of aromatic nitrogens is 2. The highest BCUT2D eigenvalue weighted by molar-refractivity contribution is 7.99. The van der Waals surface area contributed by atoms with Crippen LogP contribution in [0.5, 0.6) is 5.75 Å². The minimum Gasteiger partial charge on any atom is -0.485 e. The smallest absolute Gasteiger partial charge is 0.244 e. The van der Waals surface area contributed by atoms with E-state index in [0.29, 0.717) is 18.3 Å². The van der Waals surface area contributed by atoms with Crippen LogP contribution in [0.15, 0.2) is 34.9 Å². The number of nitrogens with one attached hydrogen (secondary N) is 1. The van der Waals surface area contributed by atoms with Crippen molar-refractivity contribution in [3.8, 4) is 5.75 Å². The number of thioether (sulfide) groups is 1. The van der Waals surface area contributed by atoms with Gasteiger partial charge in [0, 0.05) is 18.1 Å². The van der Waals surface area contributed by atoms with Crippen LogP contribution < -0.4 is 10.1 Å². The molecule has 1 unspecified atom stereocenters. The Labute approximate surface area is 115 Å². The Bertz CT molecular complexity index is 512. The van der Waals surface area contributed by atoms with Gasteiger partial charge in [-0.15, -0.1) is 0 Å². The second-order valence-electron chi connectivity index (χ2n) is 4.23. The molecule has 1 N–H and O–H groups in total. The van der Waals surface area contributed by atoms with Crippen LogP contribution in [-0.2, 0) is 6.61 Å². The van der Waals surface area contributed by atoms with E-state index in [-0.39, 0.29) is 6.04 Å². The van der Waals surface area contributed by atoms with Crippen LogP contribution in [0, 0.1) is 0 Å². The minimum atomic E-state index is 0.164. The van der Waals surface area contributed by atoms with Gasteiger partial charge in [-0.25, -0.2) is 0 Å². The van der Waals surface area contributed by atoms with E-state index in [9.17, 15) is 0 Å². The summed E-state index contributed by atoms with van der Waals surface area (Å²) in [4.78, 5) is 4.37. The molecule has 0 radical (unpaired) electrons. The molecule has 1 fully saturated rings. The average Bonchev–Trinajstić information content (AvgIpc) is 2.96. The molecule has 0 spiro atoms. The zero-order valence-electron chi connectivity index (χ0n) is 10.4. The quantitative estimate of drug-likeness (QED) is 0.922. The average molecular weight is 277 g/mol. The molecule has 0 amide bonds. The third-order valence-electron chi connectivity index (χ3n) is 2.81. The lowest BCUT2D eigenvalue weighted by molar-refractivity contribution is 0.283. The second-order valence-corrected chi connectivity index (χ2v) is 5.38.